The smallest absolute Gasteiger partial charge is 0.355 e. The number of aromatic carboxylic acids is 1. The molecule has 0 saturated heterocycles. The van der Waals surface area contributed by atoms with Gasteiger partial charge in [-0.25, -0.2) is 14.8 Å². The van der Waals surface area contributed by atoms with Gasteiger partial charge in [-0.1, -0.05) is 67.7 Å². The molecule has 4 aromatic rings. The van der Waals surface area contributed by atoms with Crippen molar-refractivity contribution < 1.29 is 24.5 Å². The molecule has 0 spiro atoms. The van der Waals surface area contributed by atoms with Crippen LogP contribution in [-0.2, 0) is 17.7 Å². The molecule has 0 radical (unpaired) electrons. The van der Waals surface area contributed by atoms with Crippen LogP contribution < -0.4 is 10.2 Å². The van der Waals surface area contributed by atoms with Crippen molar-refractivity contribution in [3.63, 3.8) is 0 Å². The third kappa shape index (κ3) is 6.05. The summed E-state index contributed by atoms with van der Waals surface area (Å²) >= 11 is 1.41. The monoisotopic (exact) mass is 661 g/mol. The van der Waals surface area contributed by atoms with Crippen LogP contribution in [-0.4, -0.2) is 44.4 Å². The molecule has 2 aromatic heterocycles. The van der Waals surface area contributed by atoms with Gasteiger partial charge in [0.15, 0.2) is 10.8 Å². The molecule has 1 atom stereocenters. The number of para-hydroxylation sites is 1. The van der Waals surface area contributed by atoms with E-state index in [1.807, 2.05) is 41.3 Å². The zero-order valence-corrected chi connectivity index (χ0v) is 27.3. The Morgan fingerprint density at radius 3 is 2.69 bits per heavy atom. The third-order valence-corrected chi connectivity index (χ3v) is 10.5. The fourth-order valence-corrected chi connectivity index (χ4v) is 8.05. The summed E-state index contributed by atoms with van der Waals surface area (Å²) in [5.74, 6) is -2.61. The lowest BCUT2D eigenvalue weighted by Gasteiger charge is -2.35. The maximum Gasteiger partial charge on any atom is 0.355 e. The van der Waals surface area contributed by atoms with Crippen molar-refractivity contribution in [3.8, 4) is 6.07 Å². The van der Waals surface area contributed by atoms with Crippen molar-refractivity contribution in [3.05, 3.63) is 100.0 Å². The van der Waals surface area contributed by atoms with Crippen molar-refractivity contribution >= 4 is 50.0 Å². The van der Waals surface area contributed by atoms with Gasteiger partial charge in [-0.15, -0.1) is 0 Å². The molecule has 3 N–H and O–H groups in total. The molecule has 7 rings (SSSR count). The van der Waals surface area contributed by atoms with Crippen LogP contribution in [0.3, 0.4) is 0 Å². The second-order valence-electron chi connectivity index (χ2n) is 12.7. The highest BCUT2D eigenvalue weighted by atomic mass is 32.1. The summed E-state index contributed by atoms with van der Waals surface area (Å²) < 4.78 is 6.59. The minimum Gasteiger partial charge on any atom is -0.476 e. The van der Waals surface area contributed by atoms with Gasteiger partial charge in [-0.3, -0.25) is 10.1 Å². The topological polar surface area (TPSA) is 149 Å². The summed E-state index contributed by atoms with van der Waals surface area (Å²) in [7, 11) is 0. The molecule has 4 heterocycles. The number of aliphatic hydroxyl groups is 1. The maximum absolute atomic E-state index is 13.5. The van der Waals surface area contributed by atoms with Gasteiger partial charge in [0.05, 0.1) is 15.8 Å². The number of thiazole rings is 1. The molecule has 1 saturated carbocycles. The van der Waals surface area contributed by atoms with Gasteiger partial charge < -0.3 is 19.8 Å². The molecule has 10 nitrogen and oxygen atoms in total. The number of pyridine rings is 1. The zero-order chi connectivity index (χ0) is 33.4. The second-order valence-corrected chi connectivity index (χ2v) is 13.8. The normalized spacial score (nSPS) is 19.7. The summed E-state index contributed by atoms with van der Waals surface area (Å²) in [6.07, 6.45) is 7.87. The lowest BCUT2D eigenvalue weighted by molar-refractivity contribution is -0.103. The number of nitrogens with one attached hydrogen (secondary N) is 1. The summed E-state index contributed by atoms with van der Waals surface area (Å²) in [6.45, 7) is 2.39. The fourth-order valence-electron chi connectivity index (χ4n) is 7.19. The van der Waals surface area contributed by atoms with Crippen molar-refractivity contribution in [1.82, 2.24) is 9.97 Å². The number of carbonyl (C=O) groups is 2. The Bertz CT molecular complexity index is 2000. The van der Waals surface area contributed by atoms with Gasteiger partial charge in [-0.05, 0) is 65.8 Å². The molecule has 2 aliphatic heterocycles. The molecule has 2 aromatic carbocycles. The number of nitrogens with zero attached hydrogens (tertiary/aromatic N) is 4. The number of nitriles is 1. The van der Waals surface area contributed by atoms with Crippen LogP contribution >= 0.6 is 11.3 Å². The van der Waals surface area contributed by atoms with Crippen LogP contribution in [0, 0.1) is 17.2 Å². The first-order chi connectivity index (χ1) is 23.2. The SMILES string of the molecule is CC1(O)OC=C(C#N)C(CC2CCCCC2)=C1c1ccc(N2CCc3cccc(C(=O)Nc4nc5ccccc5s4)c3C2)nc1C(=O)O. The summed E-state index contributed by atoms with van der Waals surface area (Å²) in [5.41, 5.74) is 4.37. The van der Waals surface area contributed by atoms with Crippen molar-refractivity contribution in [2.24, 2.45) is 5.92 Å². The van der Waals surface area contributed by atoms with E-state index >= 15 is 0 Å². The molecule has 1 unspecified atom stereocenters. The first kappa shape index (κ1) is 31.5. The van der Waals surface area contributed by atoms with Gasteiger partial charge in [0, 0.05) is 36.7 Å². The number of hydrogen-bond acceptors (Lipinski definition) is 9. The quantitative estimate of drug-likeness (QED) is 0.189. The summed E-state index contributed by atoms with van der Waals surface area (Å²) in [4.78, 5) is 37.4. The average molecular weight is 662 g/mol. The van der Waals surface area contributed by atoms with Crippen LogP contribution in [0.25, 0.3) is 15.8 Å². The second kappa shape index (κ2) is 12.9. The van der Waals surface area contributed by atoms with Gasteiger partial charge in [-0.2, -0.15) is 5.26 Å². The van der Waals surface area contributed by atoms with Crippen LogP contribution in [0.5, 0.6) is 0 Å². The number of carboxylic acid groups (broad SMARTS) is 1. The summed E-state index contributed by atoms with van der Waals surface area (Å²) in [5, 5.41) is 35.3. The maximum atomic E-state index is 13.5. The number of hydrogen-bond donors (Lipinski definition) is 3. The molecule has 3 aliphatic rings. The average Bonchev–Trinajstić information content (AvgIpc) is 3.50. The molecule has 1 amide bonds. The van der Waals surface area contributed by atoms with E-state index in [0.717, 1.165) is 47.0 Å². The Labute approximate surface area is 282 Å². The number of benzene rings is 2. The van der Waals surface area contributed by atoms with E-state index in [0.29, 0.717) is 53.9 Å². The zero-order valence-electron chi connectivity index (χ0n) is 26.5. The van der Waals surface area contributed by atoms with Crippen molar-refractivity contribution in [2.45, 2.75) is 64.2 Å². The van der Waals surface area contributed by atoms with E-state index in [1.54, 1.807) is 18.2 Å². The highest BCUT2D eigenvalue weighted by molar-refractivity contribution is 7.22. The van der Waals surface area contributed by atoms with Crippen LogP contribution in [0.1, 0.15) is 83.0 Å². The standard InChI is InChI=1S/C37H35N5O5S/c1-37(46)32(27(24(19-38)21-47-37)18-22-8-3-2-4-9-22)26-14-15-31(40-33(26)35(44)45)42-17-16-23-10-7-11-25(28(23)20-42)34(43)41-36-39-29-12-5-6-13-30(29)48-36/h5-7,10-15,21-22,46H,2-4,8-9,16-18,20H2,1H3,(H,44,45)(H,39,41,43). The fraction of sp³-hybridized carbons (Fsp3) is 0.324. The highest BCUT2D eigenvalue weighted by Gasteiger charge is 2.39. The molecule has 244 valence electrons. The van der Waals surface area contributed by atoms with Gasteiger partial charge >= 0.3 is 5.97 Å². The molecule has 0 bridgehead atoms. The first-order valence-corrected chi connectivity index (χ1v) is 17.1. The minimum atomic E-state index is -1.85. The number of aromatic nitrogens is 2. The van der Waals surface area contributed by atoms with E-state index in [1.165, 1.54) is 30.9 Å². The lowest BCUT2D eigenvalue weighted by Crippen LogP contribution is -2.35. The van der Waals surface area contributed by atoms with Gasteiger partial charge in [0.25, 0.3) is 5.91 Å². The predicted octanol–water partition coefficient (Wildman–Crippen LogP) is 7.07. The van der Waals surface area contributed by atoms with Crippen LogP contribution in [0.2, 0.25) is 0 Å². The Kier molecular flexibility index (Phi) is 8.45. The molecule has 11 heteroatoms. The Morgan fingerprint density at radius 1 is 1.10 bits per heavy atom. The summed E-state index contributed by atoms with van der Waals surface area (Å²) in [6, 6.07) is 19.0. The molecular weight excluding hydrogens is 627 g/mol. The number of rotatable bonds is 7. The number of carboxylic acids is 1. The predicted molar refractivity (Wildman–Crippen MR) is 183 cm³/mol. The molecule has 48 heavy (non-hydrogen) atoms. The Hall–Kier alpha value is -5.05. The van der Waals surface area contributed by atoms with E-state index in [4.69, 9.17) is 4.74 Å². The Morgan fingerprint density at radius 2 is 1.92 bits per heavy atom. The largest absolute Gasteiger partial charge is 0.476 e. The first-order valence-electron chi connectivity index (χ1n) is 16.2. The highest BCUT2D eigenvalue weighted by Crippen LogP contribution is 2.44. The number of amides is 1. The Balaban J connectivity index is 1.21. The third-order valence-electron chi connectivity index (χ3n) is 9.54. The van der Waals surface area contributed by atoms with Gasteiger partial charge in [0.1, 0.15) is 18.1 Å². The van der Waals surface area contributed by atoms with Crippen molar-refractivity contribution in [1.29, 1.82) is 5.26 Å². The van der Waals surface area contributed by atoms with E-state index in [-0.39, 0.29) is 28.3 Å². The lowest BCUT2D eigenvalue weighted by atomic mass is 9.78. The number of anilines is 2. The van der Waals surface area contributed by atoms with Crippen LogP contribution in [0.15, 0.2) is 72.0 Å². The van der Waals surface area contributed by atoms with Gasteiger partial charge in [0.2, 0.25) is 5.79 Å². The number of ether oxygens (including phenoxy) is 1. The molecule has 1 fully saturated rings. The number of allylic oxidation sites excluding steroid dienone is 2. The van der Waals surface area contributed by atoms with E-state index in [9.17, 15) is 25.1 Å². The molecular formula is C37H35N5O5S. The number of carbonyl (C=O) groups excluding carboxylic acids is 1. The van der Waals surface area contributed by atoms with E-state index in [2.05, 4.69) is 21.4 Å². The van der Waals surface area contributed by atoms with Crippen LogP contribution in [0.4, 0.5) is 10.9 Å². The van der Waals surface area contributed by atoms with E-state index < -0.39 is 11.8 Å². The minimum absolute atomic E-state index is 0.219. The number of fused-ring (bicyclic) bond motifs is 2. The molecule has 1 aliphatic carbocycles. The van der Waals surface area contributed by atoms with Crippen molar-refractivity contribution in [2.75, 3.05) is 16.8 Å².